The fourth-order valence-electron chi connectivity index (χ4n) is 1.50. The average molecular weight is 263 g/mol. The van der Waals surface area contributed by atoms with Crippen molar-refractivity contribution in [3.8, 4) is 0 Å². The molecule has 4 N–H and O–H groups in total. The third kappa shape index (κ3) is 4.62. The highest BCUT2D eigenvalue weighted by Gasteiger charge is 2.17. The van der Waals surface area contributed by atoms with E-state index in [1.165, 1.54) is 0 Å². The van der Waals surface area contributed by atoms with Crippen LogP contribution in [0.4, 0.5) is 5.69 Å². The molecule has 0 aromatic heterocycles. The van der Waals surface area contributed by atoms with Gasteiger partial charge in [-0.3, -0.25) is 9.59 Å². The van der Waals surface area contributed by atoms with Crippen molar-refractivity contribution < 1.29 is 9.59 Å². The molecule has 0 radical (unpaired) electrons. The Hall–Kier alpha value is -2.04. The fourth-order valence-corrected chi connectivity index (χ4v) is 1.50. The minimum atomic E-state index is -0.581. The summed E-state index contributed by atoms with van der Waals surface area (Å²) >= 11 is 0. The van der Waals surface area contributed by atoms with E-state index in [-0.39, 0.29) is 17.9 Å². The normalized spacial score (nSPS) is 13.4. The largest absolute Gasteiger partial charge is 0.399 e. The predicted molar refractivity (Wildman–Crippen MR) is 75.7 cm³/mol. The molecular weight excluding hydrogens is 242 g/mol. The van der Waals surface area contributed by atoms with Crippen molar-refractivity contribution in [2.75, 3.05) is 5.73 Å². The molecule has 0 saturated carbocycles. The molecule has 0 fully saturated rings. The summed E-state index contributed by atoms with van der Waals surface area (Å²) < 4.78 is 0. The molecule has 0 aliphatic carbocycles. The molecule has 19 heavy (non-hydrogen) atoms. The van der Waals surface area contributed by atoms with E-state index in [0.717, 1.165) is 6.42 Å². The minimum Gasteiger partial charge on any atom is -0.399 e. The third-order valence-corrected chi connectivity index (χ3v) is 2.89. The van der Waals surface area contributed by atoms with E-state index in [0.29, 0.717) is 11.3 Å². The lowest BCUT2D eigenvalue weighted by molar-refractivity contribution is -0.123. The van der Waals surface area contributed by atoms with Crippen LogP contribution in [0.25, 0.3) is 0 Å². The molecule has 0 bridgehead atoms. The number of nitrogens with two attached hydrogens (primary N) is 1. The van der Waals surface area contributed by atoms with Crippen LogP contribution < -0.4 is 16.4 Å². The van der Waals surface area contributed by atoms with Gasteiger partial charge in [0.1, 0.15) is 6.04 Å². The summed E-state index contributed by atoms with van der Waals surface area (Å²) in [7, 11) is 0. The first-order valence-electron chi connectivity index (χ1n) is 6.40. The lowest BCUT2D eigenvalue weighted by Gasteiger charge is -2.17. The Morgan fingerprint density at radius 2 is 1.95 bits per heavy atom. The maximum Gasteiger partial charge on any atom is 0.251 e. The van der Waals surface area contributed by atoms with Crippen LogP contribution in [0.1, 0.15) is 37.6 Å². The summed E-state index contributed by atoms with van der Waals surface area (Å²) in [6, 6.07) is 6.16. The third-order valence-electron chi connectivity index (χ3n) is 2.89. The second-order valence-corrected chi connectivity index (χ2v) is 4.64. The zero-order valence-electron chi connectivity index (χ0n) is 11.6. The fraction of sp³-hybridized carbons (Fsp3) is 0.429. The van der Waals surface area contributed by atoms with E-state index in [9.17, 15) is 9.59 Å². The van der Waals surface area contributed by atoms with Crippen molar-refractivity contribution in [3.05, 3.63) is 29.8 Å². The number of carbonyl (C=O) groups is 2. The summed E-state index contributed by atoms with van der Waals surface area (Å²) in [5, 5.41) is 5.47. The predicted octanol–water partition coefficient (Wildman–Crippen LogP) is 1.30. The van der Waals surface area contributed by atoms with Gasteiger partial charge in [0.15, 0.2) is 0 Å². The minimum absolute atomic E-state index is 0.0965. The number of hydrogen-bond donors (Lipinski definition) is 3. The quantitative estimate of drug-likeness (QED) is 0.700. The van der Waals surface area contributed by atoms with Gasteiger partial charge in [-0.25, -0.2) is 0 Å². The van der Waals surface area contributed by atoms with Crippen LogP contribution in [0.2, 0.25) is 0 Å². The molecule has 2 amide bonds. The van der Waals surface area contributed by atoms with Gasteiger partial charge in [0.25, 0.3) is 5.91 Å². The molecule has 1 rings (SSSR count). The number of nitrogen functional groups attached to an aromatic ring is 1. The summed E-state index contributed by atoms with van der Waals surface area (Å²) in [6.45, 7) is 5.56. The standard InChI is InChI=1S/C14H21N3O2/c1-4-9(2)16-13(18)10(3)17-14(19)11-6-5-7-12(15)8-11/h5-10H,4,15H2,1-3H3,(H,16,18)(H,17,19). The highest BCUT2D eigenvalue weighted by molar-refractivity contribution is 5.98. The van der Waals surface area contributed by atoms with Crippen molar-refractivity contribution in [1.29, 1.82) is 0 Å². The molecule has 0 aliphatic heterocycles. The first-order chi connectivity index (χ1) is 8.93. The maximum atomic E-state index is 11.9. The highest BCUT2D eigenvalue weighted by atomic mass is 16.2. The first-order valence-corrected chi connectivity index (χ1v) is 6.40. The summed E-state index contributed by atoms with van der Waals surface area (Å²) in [6.07, 6.45) is 0.849. The number of anilines is 1. The molecule has 104 valence electrons. The van der Waals surface area contributed by atoms with Crippen LogP contribution in [0.3, 0.4) is 0 Å². The smallest absolute Gasteiger partial charge is 0.251 e. The molecule has 0 saturated heterocycles. The van der Waals surface area contributed by atoms with Crippen molar-refractivity contribution in [1.82, 2.24) is 10.6 Å². The topological polar surface area (TPSA) is 84.2 Å². The summed E-state index contributed by atoms with van der Waals surface area (Å²) in [5.74, 6) is -0.495. The van der Waals surface area contributed by atoms with Gasteiger partial charge in [0, 0.05) is 17.3 Å². The van der Waals surface area contributed by atoms with Crippen LogP contribution in [0.15, 0.2) is 24.3 Å². The second-order valence-electron chi connectivity index (χ2n) is 4.64. The van der Waals surface area contributed by atoms with Crippen LogP contribution in [-0.2, 0) is 4.79 Å². The molecule has 0 heterocycles. The Labute approximate surface area is 113 Å². The van der Waals surface area contributed by atoms with Gasteiger partial charge in [0.2, 0.25) is 5.91 Å². The molecule has 5 nitrogen and oxygen atoms in total. The van der Waals surface area contributed by atoms with Gasteiger partial charge < -0.3 is 16.4 Å². The van der Waals surface area contributed by atoms with E-state index in [1.807, 2.05) is 13.8 Å². The van der Waals surface area contributed by atoms with Gasteiger partial charge in [0.05, 0.1) is 0 Å². The monoisotopic (exact) mass is 263 g/mol. The average Bonchev–Trinajstić information content (AvgIpc) is 2.38. The summed E-state index contributed by atoms with van der Waals surface area (Å²) in [5.41, 5.74) is 6.58. The molecule has 1 aromatic rings. The lowest BCUT2D eigenvalue weighted by Crippen LogP contribution is -2.47. The molecule has 2 unspecified atom stereocenters. The Morgan fingerprint density at radius 3 is 2.53 bits per heavy atom. The van der Waals surface area contributed by atoms with Crippen LogP contribution >= 0.6 is 0 Å². The van der Waals surface area contributed by atoms with E-state index < -0.39 is 6.04 Å². The number of hydrogen-bond acceptors (Lipinski definition) is 3. The zero-order valence-corrected chi connectivity index (χ0v) is 11.6. The Morgan fingerprint density at radius 1 is 1.26 bits per heavy atom. The highest BCUT2D eigenvalue weighted by Crippen LogP contribution is 2.06. The van der Waals surface area contributed by atoms with Gasteiger partial charge in [-0.1, -0.05) is 13.0 Å². The van der Waals surface area contributed by atoms with E-state index in [2.05, 4.69) is 10.6 Å². The molecular formula is C14H21N3O2. The van der Waals surface area contributed by atoms with Crippen molar-refractivity contribution >= 4 is 17.5 Å². The molecule has 2 atom stereocenters. The number of nitrogens with one attached hydrogen (secondary N) is 2. The van der Waals surface area contributed by atoms with Crippen LogP contribution in [-0.4, -0.2) is 23.9 Å². The Balaban J connectivity index is 2.59. The number of rotatable bonds is 5. The number of amides is 2. The first kappa shape index (κ1) is 15.0. The van der Waals surface area contributed by atoms with E-state index in [4.69, 9.17) is 5.73 Å². The van der Waals surface area contributed by atoms with Gasteiger partial charge in [-0.15, -0.1) is 0 Å². The van der Waals surface area contributed by atoms with Crippen LogP contribution in [0.5, 0.6) is 0 Å². The molecule has 0 aliphatic rings. The Kier molecular flexibility index (Phi) is 5.36. The van der Waals surface area contributed by atoms with E-state index >= 15 is 0 Å². The van der Waals surface area contributed by atoms with Gasteiger partial charge >= 0.3 is 0 Å². The van der Waals surface area contributed by atoms with E-state index in [1.54, 1.807) is 31.2 Å². The molecule has 1 aromatic carbocycles. The van der Waals surface area contributed by atoms with Gasteiger partial charge in [-0.2, -0.15) is 0 Å². The lowest BCUT2D eigenvalue weighted by atomic mass is 10.1. The second kappa shape index (κ2) is 6.78. The summed E-state index contributed by atoms with van der Waals surface area (Å²) in [4.78, 5) is 23.7. The molecule has 5 heteroatoms. The van der Waals surface area contributed by atoms with Crippen molar-refractivity contribution in [3.63, 3.8) is 0 Å². The SMILES string of the molecule is CCC(C)NC(=O)C(C)NC(=O)c1cccc(N)c1. The van der Waals surface area contributed by atoms with Crippen molar-refractivity contribution in [2.24, 2.45) is 0 Å². The Bertz CT molecular complexity index is 460. The molecule has 0 spiro atoms. The zero-order chi connectivity index (χ0) is 14.4. The van der Waals surface area contributed by atoms with Crippen LogP contribution in [0, 0.1) is 0 Å². The maximum absolute atomic E-state index is 11.9. The van der Waals surface area contributed by atoms with Gasteiger partial charge in [-0.05, 0) is 38.5 Å². The number of benzene rings is 1. The van der Waals surface area contributed by atoms with Crippen molar-refractivity contribution in [2.45, 2.75) is 39.3 Å². The number of carbonyl (C=O) groups excluding carboxylic acids is 2.